The van der Waals surface area contributed by atoms with E-state index in [-0.39, 0.29) is 5.91 Å². The van der Waals surface area contributed by atoms with Crippen LogP contribution in [-0.2, 0) is 11.8 Å². The highest BCUT2D eigenvalue weighted by molar-refractivity contribution is 5.95. The van der Waals surface area contributed by atoms with E-state index in [1.54, 1.807) is 9.58 Å². The summed E-state index contributed by atoms with van der Waals surface area (Å²) in [6, 6.07) is 8.04. The number of carbonyl (C=O) groups excluding carboxylic acids is 1. The number of carbonyl (C=O) groups is 1. The van der Waals surface area contributed by atoms with Crippen LogP contribution in [0.15, 0.2) is 43.0 Å². The van der Waals surface area contributed by atoms with Gasteiger partial charge >= 0.3 is 0 Å². The molecule has 3 aromatic heterocycles. The Morgan fingerprint density at radius 2 is 1.97 bits per heavy atom. The Hall–Kier alpha value is -3.75. The number of likely N-dealkylation sites (N-methyl/N-ethyl adjacent to an activating group) is 1. The standard InChI is InChI=1S/C20H20N8O/c1-26-5-6-28(11-19(26)29)18-8-17(21-12-22-18)20-15-7-13(3-4-16(15)24-25-20)14-9-23-27(2)10-14/h3-4,7-10,12H,5-6,11H2,1-2H3,(H,24,25). The first-order valence-corrected chi connectivity index (χ1v) is 9.37. The van der Waals surface area contributed by atoms with Crippen LogP contribution < -0.4 is 4.90 Å². The van der Waals surface area contributed by atoms with E-state index in [0.717, 1.165) is 45.8 Å². The van der Waals surface area contributed by atoms with Crippen molar-refractivity contribution >= 4 is 22.6 Å². The van der Waals surface area contributed by atoms with E-state index in [0.29, 0.717) is 13.1 Å². The fourth-order valence-corrected chi connectivity index (χ4v) is 3.56. The molecule has 1 amide bonds. The van der Waals surface area contributed by atoms with Gasteiger partial charge in [-0.1, -0.05) is 6.07 Å². The molecular formula is C20H20N8O. The van der Waals surface area contributed by atoms with Crippen LogP contribution >= 0.6 is 0 Å². The van der Waals surface area contributed by atoms with Crippen molar-refractivity contribution in [1.82, 2.24) is 34.8 Å². The quantitative estimate of drug-likeness (QED) is 0.574. The molecule has 9 nitrogen and oxygen atoms in total. The number of aromatic nitrogens is 6. The molecule has 0 saturated carbocycles. The molecular weight excluding hydrogens is 368 g/mol. The number of piperazine rings is 1. The van der Waals surface area contributed by atoms with Gasteiger partial charge in [-0.25, -0.2) is 9.97 Å². The average molecular weight is 388 g/mol. The Balaban J connectivity index is 1.53. The van der Waals surface area contributed by atoms with Gasteiger partial charge in [0.05, 0.1) is 24.0 Å². The van der Waals surface area contributed by atoms with Crippen LogP contribution in [0.1, 0.15) is 0 Å². The number of aromatic amines is 1. The average Bonchev–Trinajstić information content (AvgIpc) is 3.36. The number of anilines is 1. The van der Waals surface area contributed by atoms with Crippen LogP contribution in [-0.4, -0.2) is 67.4 Å². The highest BCUT2D eigenvalue weighted by Crippen LogP contribution is 2.30. The molecule has 1 fully saturated rings. The summed E-state index contributed by atoms with van der Waals surface area (Å²) in [5.74, 6) is 0.818. The van der Waals surface area contributed by atoms with E-state index in [2.05, 4.69) is 31.3 Å². The number of nitrogens with one attached hydrogen (secondary N) is 1. The third-order valence-corrected chi connectivity index (χ3v) is 5.28. The van der Waals surface area contributed by atoms with E-state index in [9.17, 15) is 4.79 Å². The van der Waals surface area contributed by atoms with E-state index in [1.807, 2.05) is 49.6 Å². The number of amides is 1. The summed E-state index contributed by atoms with van der Waals surface area (Å²) in [6.07, 6.45) is 5.35. The fraction of sp³-hybridized carbons (Fsp3) is 0.250. The zero-order valence-corrected chi connectivity index (χ0v) is 16.2. The maximum absolute atomic E-state index is 12.1. The van der Waals surface area contributed by atoms with Gasteiger partial charge in [0, 0.05) is 50.4 Å². The van der Waals surface area contributed by atoms with Crippen molar-refractivity contribution in [3.63, 3.8) is 0 Å². The zero-order chi connectivity index (χ0) is 20.0. The molecule has 29 heavy (non-hydrogen) atoms. The molecule has 1 aliphatic heterocycles. The fourth-order valence-electron chi connectivity index (χ4n) is 3.56. The highest BCUT2D eigenvalue weighted by atomic mass is 16.2. The van der Waals surface area contributed by atoms with Gasteiger partial charge in [-0.15, -0.1) is 0 Å². The summed E-state index contributed by atoms with van der Waals surface area (Å²) in [6.45, 7) is 1.74. The molecule has 4 aromatic rings. The third kappa shape index (κ3) is 3.10. The van der Waals surface area contributed by atoms with Crippen molar-refractivity contribution < 1.29 is 4.79 Å². The number of H-pyrrole nitrogens is 1. The second-order valence-electron chi connectivity index (χ2n) is 7.23. The second-order valence-corrected chi connectivity index (χ2v) is 7.23. The van der Waals surface area contributed by atoms with Crippen molar-refractivity contribution in [2.75, 3.05) is 31.6 Å². The normalized spacial score (nSPS) is 14.8. The molecule has 9 heteroatoms. The van der Waals surface area contributed by atoms with Gasteiger partial charge < -0.3 is 9.80 Å². The van der Waals surface area contributed by atoms with E-state index in [4.69, 9.17) is 0 Å². The van der Waals surface area contributed by atoms with E-state index >= 15 is 0 Å². The maximum atomic E-state index is 12.1. The van der Waals surface area contributed by atoms with Crippen LogP contribution in [0.3, 0.4) is 0 Å². The highest BCUT2D eigenvalue weighted by Gasteiger charge is 2.23. The minimum absolute atomic E-state index is 0.0859. The first-order chi connectivity index (χ1) is 14.1. The molecule has 1 aromatic carbocycles. The van der Waals surface area contributed by atoms with Crippen LogP contribution in [0.5, 0.6) is 0 Å². The largest absolute Gasteiger partial charge is 0.345 e. The first kappa shape index (κ1) is 17.4. The Kier molecular flexibility index (Phi) is 4.01. The summed E-state index contributed by atoms with van der Waals surface area (Å²) in [5.41, 5.74) is 4.52. The molecule has 0 radical (unpaired) electrons. The maximum Gasteiger partial charge on any atom is 0.241 e. The molecule has 5 rings (SSSR count). The Morgan fingerprint density at radius 3 is 2.76 bits per heavy atom. The number of nitrogens with zero attached hydrogens (tertiary/aromatic N) is 7. The lowest BCUT2D eigenvalue weighted by atomic mass is 10.1. The van der Waals surface area contributed by atoms with E-state index < -0.39 is 0 Å². The summed E-state index contributed by atoms with van der Waals surface area (Å²) in [7, 11) is 3.72. The summed E-state index contributed by atoms with van der Waals surface area (Å²) in [5, 5.41) is 12.8. The summed E-state index contributed by atoms with van der Waals surface area (Å²) >= 11 is 0. The lowest BCUT2D eigenvalue weighted by Crippen LogP contribution is -2.48. The number of rotatable bonds is 3. The van der Waals surface area contributed by atoms with Crippen LogP contribution in [0.4, 0.5) is 5.82 Å². The minimum atomic E-state index is 0.0859. The van der Waals surface area contributed by atoms with Gasteiger partial charge in [-0.05, 0) is 17.7 Å². The number of aryl methyl sites for hydroxylation is 1. The monoisotopic (exact) mass is 388 g/mol. The van der Waals surface area contributed by atoms with Gasteiger partial charge in [-0.2, -0.15) is 10.2 Å². The van der Waals surface area contributed by atoms with Crippen molar-refractivity contribution in [2.24, 2.45) is 7.05 Å². The smallest absolute Gasteiger partial charge is 0.241 e. The summed E-state index contributed by atoms with van der Waals surface area (Å²) in [4.78, 5) is 24.6. The molecule has 0 aliphatic carbocycles. The van der Waals surface area contributed by atoms with Gasteiger partial charge in [0.1, 0.15) is 17.8 Å². The van der Waals surface area contributed by atoms with Crippen molar-refractivity contribution in [3.8, 4) is 22.5 Å². The number of fused-ring (bicyclic) bond motifs is 1. The molecule has 1 aliphatic rings. The molecule has 0 spiro atoms. The Bertz CT molecular complexity index is 1210. The van der Waals surface area contributed by atoms with Gasteiger partial charge in [0.2, 0.25) is 5.91 Å². The molecule has 0 unspecified atom stereocenters. The number of hydrogen-bond donors (Lipinski definition) is 1. The topological polar surface area (TPSA) is 95.8 Å². The lowest BCUT2D eigenvalue weighted by molar-refractivity contribution is -0.129. The molecule has 0 bridgehead atoms. The number of benzene rings is 1. The molecule has 1 N–H and O–H groups in total. The molecule has 146 valence electrons. The second kappa shape index (κ2) is 6.69. The molecule has 4 heterocycles. The predicted molar refractivity (Wildman–Crippen MR) is 109 cm³/mol. The van der Waals surface area contributed by atoms with E-state index in [1.165, 1.54) is 6.33 Å². The van der Waals surface area contributed by atoms with Gasteiger partial charge in [-0.3, -0.25) is 14.6 Å². The third-order valence-electron chi connectivity index (χ3n) is 5.28. The van der Waals surface area contributed by atoms with Crippen molar-refractivity contribution in [3.05, 3.63) is 43.0 Å². The van der Waals surface area contributed by atoms with Crippen LogP contribution in [0, 0.1) is 0 Å². The molecule has 0 atom stereocenters. The predicted octanol–water partition coefficient (Wildman–Crippen LogP) is 1.70. The zero-order valence-electron chi connectivity index (χ0n) is 16.2. The van der Waals surface area contributed by atoms with Crippen molar-refractivity contribution in [1.29, 1.82) is 0 Å². The Morgan fingerprint density at radius 1 is 1.07 bits per heavy atom. The van der Waals surface area contributed by atoms with Gasteiger partial charge in [0.25, 0.3) is 0 Å². The lowest BCUT2D eigenvalue weighted by Gasteiger charge is -2.32. The number of hydrogen-bond acceptors (Lipinski definition) is 6. The summed E-state index contributed by atoms with van der Waals surface area (Å²) < 4.78 is 1.78. The Labute approximate surface area is 167 Å². The molecule has 1 saturated heterocycles. The van der Waals surface area contributed by atoms with Crippen LogP contribution in [0.25, 0.3) is 33.4 Å². The minimum Gasteiger partial charge on any atom is -0.345 e. The van der Waals surface area contributed by atoms with Crippen molar-refractivity contribution in [2.45, 2.75) is 0 Å². The van der Waals surface area contributed by atoms with Gasteiger partial charge in [0.15, 0.2) is 0 Å². The van der Waals surface area contributed by atoms with Crippen LogP contribution in [0.2, 0.25) is 0 Å². The SMILES string of the molecule is CN1CCN(c2cc(-c3n[nH]c4ccc(-c5cnn(C)c5)cc34)ncn2)CC1=O. The first-order valence-electron chi connectivity index (χ1n) is 9.37.